The molecule has 0 aliphatic heterocycles. The van der Waals surface area contributed by atoms with Gasteiger partial charge in [0.1, 0.15) is 11.6 Å². The summed E-state index contributed by atoms with van der Waals surface area (Å²) in [5.74, 6) is 2.15. The Hall–Kier alpha value is -1.12. The molecule has 1 aromatic heterocycles. The summed E-state index contributed by atoms with van der Waals surface area (Å²) in [4.78, 5) is 9.04. The number of aromatic nitrogens is 2. The zero-order valence-corrected chi connectivity index (χ0v) is 10.1. The summed E-state index contributed by atoms with van der Waals surface area (Å²) in [6.07, 6.45) is 8.74. The van der Waals surface area contributed by atoms with E-state index in [1.807, 2.05) is 6.07 Å². The van der Waals surface area contributed by atoms with Gasteiger partial charge in [-0.3, -0.25) is 0 Å². The molecular formula is C13H21N3. The van der Waals surface area contributed by atoms with Gasteiger partial charge in [-0.25, -0.2) is 9.97 Å². The van der Waals surface area contributed by atoms with Gasteiger partial charge in [0.05, 0.1) is 0 Å². The average Bonchev–Trinajstić information content (AvgIpc) is 2.56. The summed E-state index contributed by atoms with van der Waals surface area (Å²) in [7, 11) is 0. The first-order valence-electron chi connectivity index (χ1n) is 6.43. The maximum Gasteiger partial charge on any atom is 0.134 e. The summed E-state index contributed by atoms with van der Waals surface area (Å²) >= 11 is 0. The minimum atomic E-state index is 0.538. The Morgan fingerprint density at radius 3 is 2.50 bits per heavy atom. The van der Waals surface area contributed by atoms with E-state index in [0.717, 1.165) is 17.9 Å². The number of nitrogen functional groups attached to an aromatic ring is 1. The van der Waals surface area contributed by atoms with Crippen LogP contribution in [0.15, 0.2) is 6.07 Å². The van der Waals surface area contributed by atoms with Gasteiger partial charge < -0.3 is 5.73 Å². The van der Waals surface area contributed by atoms with Crippen molar-refractivity contribution in [3.8, 4) is 0 Å². The second-order valence-electron chi connectivity index (χ2n) is 4.68. The quantitative estimate of drug-likeness (QED) is 0.778. The lowest BCUT2D eigenvalue weighted by Crippen LogP contribution is -2.08. The van der Waals surface area contributed by atoms with Gasteiger partial charge in [0.15, 0.2) is 0 Å². The molecule has 1 fully saturated rings. The summed E-state index contributed by atoms with van der Waals surface area (Å²) in [6, 6.07) is 1.89. The SMILES string of the molecule is CCc1cc(N)nc(C2CCCCCC2)n1. The molecule has 2 N–H and O–H groups in total. The summed E-state index contributed by atoms with van der Waals surface area (Å²) < 4.78 is 0. The van der Waals surface area contributed by atoms with E-state index >= 15 is 0 Å². The van der Waals surface area contributed by atoms with Crippen molar-refractivity contribution < 1.29 is 0 Å². The van der Waals surface area contributed by atoms with Crippen LogP contribution in [0, 0.1) is 0 Å². The number of anilines is 1. The molecule has 2 rings (SSSR count). The number of hydrogen-bond acceptors (Lipinski definition) is 3. The Kier molecular flexibility index (Phi) is 3.75. The van der Waals surface area contributed by atoms with Crippen molar-refractivity contribution in [3.05, 3.63) is 17.6 Å². The number of hydrogen-bond donors (Lipinski definition) is 1. The van der Waals surface area contributed by atoms with Crippen LogP contribution in [0.1, 0.15) is 62.9 Å². The highest BCUT2D eigenvalue weighted by molar-refractivity contribution is 5.30. The normalized spacial score (nSPS) is 18.3. The second-order valence-corrected chi connectivity index (χ2v) is 4.68. The van der Waals surface area contributed by atoms with Crippen molar-refractivity contribution in [2.45, 2.75) is 57.8 Å². The fraction of sp³-hybridized carbons (Fsp3) is 0.692. The number of nitrogens with zero attached hydrogens (tertiary/aromatic N) is 2. The third-order valence-corrected chi connectivity index (χ3v) is 3.40. The molecular weight excluding hydrogens is 198 g/mol. The van der Waals surface area contributed by atoms with E-state index in [-0.39, 0.29) is 0 Å². The summed E-state index contributed by atoms with van der Waals surface area (Å²) in [5.41, 5.74) is 6.91. The third-order valence-electron chi connectivity index (χ3n) is 3.40. The van der Waals surface area contributed by atoms with Crippen molar-refractivity contribution in [3.63, 3.8) is 0 Å². The molecule has 3 heteroatoms. The summed E-state index contributed by atoms with van der Waals surface area (Å²) in [5, 5.41) is 0. The van der Waals surface area contributed by atoms with Crippen LogP contribution in [0.3, 0.4) is 0 Å². The van der Waals surface area contributed by atoms with Crippen molar-refractivity contribution in [2.75, 3.05) is 5.73 Å². The molecule has 3 nitrogen and oxygen atoms in total. The lowest BCUT2D eigenvalue weighted by Gasteiger charge is -2.13. The first-order valence-corrected chi connectivity index (χ1v) is 6.43. The molecule has 0 aromatic carbocycles. The van der Waals surface area contributed by atoms with Gasteiger partial charge in [0.25, 0.3) is 0 Å². The van der Waals surface area contributed by atoms with E-state index in [9.17, 15) is 0 Å². The second kappa shape index (κ2) is 5.28. The summed E-state index contributed by atoms with van der Waals surface area (Å²) in [6.45, 7) is 2.11. The molecule has 1 heterocycles. The Morgan fingerprint density at radius 2 is 1.88 bits per heavy atom. The van der Waals surface area contributed by atoms with Crippen LogP contribution in [0.25, 0.3) is 0 Å². The molecule has 1 aliphatic rings. The van der Waals surface area contributed by atoms with Crippen LogP contribution < -0.4 is 5.73 Å². The van der Waals surface area contributed by atoms with E-state index in [1.165, 1.54) is 38.5 Å². The standard InChI is InChI=1S/C13H21N3/c1-2-11-9-12(14)16-13(15-11)10-7-5-3-4-6-8-10/h9-10H,2-8H2,1H3,(H2,14,15,16). The van der Waals surface area contributed by atoms with E-state index in [2.05, 4.69) is 16.9 Å². The molecule has 0 spiro atoms. The maximum atomic E-state index is 5.83. The van der Waals surface area contributed by atoms with Gasteiger partial charge >= 0.3 is 0 Å². The van der Waals surface area contributed by atoms with Crippen LogP contribution in [-0.2, 0) is 6.42 Å². The smallest absolute Gasteiger partial charge is 0.134 e. The molecule has 0 unspecified atom stereocenters. The lowest BCUT2D eigenvalue weighted by atomic mass is 9.99. The molecule has 0 radical (unpaired) electrons. The Balaban J connectivity index is 2.20. The van der Waals surface area contributed by atoms with E-state index < -0.39 is 0 Å². The van der Waals surface area contributed by atoms with Crippen LogP contribution in [0.4, 0.5) is 5.82 Å². The number of nitrogens with two attached hydrogens (primary N) is 1. The Labute approximate surface area is 97.5 Å². The van der Waals surface area contributed by atoms with Crippen molar-refractivity contribution in [1.82, 2.24) is 9.97 Å². The van der Waals surface area contributed by atoms with Crippen LogP contribution >= 0.6 is 0 Å². The minimum Gasteiger partial charge on any atom is -0.384 e. The monoisotopic (exact) mass is 219 g/mol. The minimum absolute atomic E-state index is 0.538. The average molecular weight is 219 g/mol. The molecule has 1 saturated carbocycles. The topological polar surface area (TPSA) is 51.8 Å². The molecule has 0 bridgehead atoms. The van der Waals surface area contributed by atoms with Gasteiger partial charge in [0, 0.05) is 17.7 Å². The van der Waals surface area contributed by atoms with E-state index in [4.69, 9.17) is 5.73 Å². The van der Waals surface area contributed by atoms with Crippen LogP contribution in [0.5, 0.6) is 0 Å². The van der Waals surface area contributed by atoms with Crippen molar-refractivity contribution in [1.29, 1.82) is 0 Å². The predicted octanol–water partition coefficient (Wildman–Crippen LogP) is 3.06. The van der Waals surface area contributed by atoms with Gasteiger partial charge in [-0.1, -0.05) is 32.6 Å². The maximum absolute atomic E-state index is 5.83. The molecule has 1 aliphatic carbocycles. The number of aryl methyl sites for hydroxylation is 1. The fourth-order valence-corrected chi connectivity index (χ4v) is 2.44. The fourth-order valence-electron chi connectivity index (χ4n) is 2.44. The van der Waals surface area contributed by atoms with Gasteiger partial charge in [-0.05, 0) is 19.3 Å². The van der Waals surface area contributed by atoms with Gasteiger partial charge in [-0.2, -0.15) is 0 Å². The molecule has 0 atom stereocenters. The highest BCUT2D eigenvalue weighted by Crippen LogP contribution is 2.30. The highest BCUT2D eigenvalue weighted by atomic mass is 15.0. The van der Waals surface area contributed by atoms with E-state index in [0.29, 0.717) is 11.7 Å². The van der Waals surface area contributed by atoms with Gasteiger partial charge in [-0.15, -0.1) is 0 Å². The first kappa shape index (κ1) is 11.4. The zero-order valence-electron chi connectivity index (χ0n) is 10.1. The Bertz CT molecular complexity index is 341. The first-order chi connectivity index (χ1) is 7.79. The van der Waals surface area contributed by atoms with Crippen LogP contribution in [-0.4, -0.2) is 9.97 Å². The predicted molar refractivity (Wildman–Crippen MR) is 66.3 cm³/mol. The van der Waals surface area contributed by atoms with Crippen LogP contribution in [0.2, 0.25) is 0 Å². The van der Waals surface area contributed by atoms with Gasteiger partial charge in [0.2, 0.25) is 0 Å². The third kappa shape index (κ3) is 2.71. The largest absolute Gasteiger partial charge is 0.384 e. The molecule has 0 amide bonds. The van der Waals surface area contributed by atoms with Crippen molar-refractivity contribution in [2.24, 2.45) is 0 Å². The molecule has 88 valence electrons. The highest BCUT2D eigenvalue weighted by Gasteiger charge is 2.17. The number of rotatable bonds is 2. The molecule has 16 heavy (non-hydrogen) atoms. The molecule has 1 aromatic rings. The lowest BCUT2D eigenvalue weighted by molar-refractivity contribution is 0.558. The zero-order chi connectivity index (χ0) is 11.4. The Morgan fingerprint density at radius 1 is 1.19 bits per heavy atom. The van der Waals surface area contributed by atoms with Crippen molar-refractivity contribution >= 4 is 5.82 Å². The van der Waals surface area contributed by atoms with E-state index in [1.54, 1.807) is 0 Å². The molecule has 0 saturated heterocycles.